The van der Waals surface area contributed by atoms with Crippen LogP contribution in [0.25, 0.3) is 0 Å². The third-order valence-electron chi connectivity index (χ3n) is 3.51. The lowest BCUT2D eigenvalue weighted by Gasteiger charge is -2.10. The minimum Gasteiger partial charge on any atom is -0.298 e. The van der Waals surface area contributed by atoms with E-state index in [9.17, 15) is 9.18 Å². The zero-order valence-electron chi connectivity index (χ0n) is 12.8. The highest BCUT2D eigenvalue weighted by Crippen LogP contribution is 2.32. The molecular weight excluding hydrogens is 321 g/mol. The molecule has 1 heterocycles. The lowest BCUT2D eigenvalue weighted by Crippen LogP contribution is -2.07. The van der Waals surface area contributed by atoms with Crippen LogP contribution in [0, 0.1) is 5.82 Å². The molecule has 0 saturated heterocycles. The molecule has 0 fully saturated rings. The van der Waals surface area contributed by atoms with Crippen LogP contribution in [0.4, 0.5) is 4.39 Å². The quantitative estimate of drug-likeness (QED) is 0.451. The van der Waals surface area contributed by atoms with Gasteiger partial charge in [-0.2, -0.15) is 0 Å². The molecule has 24 heavy (non-hydrogen) atoms. The van der Waals surface area contributed by atoms with Crippen LogP contribution in [0.2, 0.25) is 0 Å². The molecule has 2 aromatic rings. The van der Waals surface area contributed by atoms with E-state index < -0.39 is 0 Å². The smallest absolute Gasteiger partial charge is 0.150 e. The first-order valence-corrected chi connectivity index (χ1v) is 8.20. The van der Waals surface area contributed by atoms with Crippen molar-refractivity contribution in [2.75, 3.05) is 0 Å². The average Bonchev–Trinajstić information content (AvgIpc) is 2.80. The van der Waals surface area contributed by atoms with E-state index in [2.05, 4.69) is 11.6 Å². The van der Waals surface area contributed by atoms with Crippen LogP contribution in [0.3, 0.4) is 0 Å². The van der Waals surface area contributed by atoms with Gasteiger partial charge in [0.1, 0.15) is 12.1 Å². The van der Waals surface area contributed by atoms with Crippen molar-refractivity contribution in [1.29, 1.82) is 0 Å². The van der Waals surface area contributed by atoms with Gasteiger partial charge in [-0.3, -0.25) is 4.79 Å². The van der Waals surface area contributed by atoms with Gasteiger partial charge in [-0.05, 0) is 24.3 Å². The molecule has 1 aliphatic rings. The lowest BCUT2D eigenvalue weighted by molar-refractivity contribution is -0.104. The van der Waals surface area contributed by atoms with Gasteiger partial charge in [-0.1, -0.05) is 54.7 Å². The molecule has 0 aromatic heterocycles. The average molecular weight is 335 g/mol. The Kier molecular flexibility index (Phi) is 4.87. The van der Waals surface area contributed by atoms with Crippen LogP contribution in [0.15, 0.2) is 93.8 Å². The molecule has 4 heteroatoms. The minimum atomic E-state index is -0.333. The van der Waals surface area contributed by atoms with Crippen molar-refractivity contribution in [3.63, 3.8) is 0 Å². The topological polar surface area (TPSA) is 29.4 Å². The Balaban J connectivity index is 2.21. The minimum absolute atomic E-state index is 0.333. The fraction of sp³-hybridized carbons (Fsp3) is 0. The van der Waals surface area contributed by atoms with E-state index >= 15 is 0 Å². The van der Waals surface area contributed by atoms with Crippen molar-refractivity contribution in [2.45, 2.75) is 4.90 Å². The molecule has 2 nitrogen and oxygen atoms in total. The number of thioether (sulfide) groups is 1. The summed E-state index contributed by atoms with van der Waals surface area (Å²) < 4.78 is 14.3. The number of benzene rings is 2. The summed E-state index contributed by atoms with van der Waals surface area (Å²) in [7, 11) is 0. The van der Waals surface area contributed by atoms with Crippen LogP contribution < -0.4 is 0 Å². The monoisotopic (exact) mass is 335 g/mol. The maximum Gasteiger partial charge on any atom is 0.150 e. The molecule has 118 valence electrons. The van der Waals surface area contributed by atoms with Gasteiger partial charge in [0.05, 0.1) is 11.4 Å². The highest BCUT2D eigenvalue weighted by atomic mass is 32.2. The summed E-state index contributed by atoms with van der Waals surface area (Å²) in [5.41, 5.74) is 2.84. The van der Waals surface area contributed by atoms with Crippen LogP contribution in [0.1, 0.15) is 11.1 Å². The van der Waals surface area contributed by atoms with E-state index in [1.807, 2.05) is 29.7 Å². The zero-order chi connectivity index (χ0) is 16.9. The van der Waals surface area contributed by atoms with Gasteiger partial charge in [0, 0.05) is 27.0 Å². The first-order chi connectivity index (χ1) is 11.7. The van der Waals surface area contributed by atoms with Gasteiger partial charge >= 0.3 is 0 Å². The number of carbonyl (C=O) groups excluding carboxylic acids is 1. The molecule has 0 spiro atoms. The Morgan fingerprint density at radius 2 is 1.79 bits per heavy atom. The number of nitrogens with zero attached hydrogens (tertiary/aromatic N) is 1. The maximum absolute atomic E-state index is 14.3. The van der Waals surface area contributed by atoms with Gasteiger partial charge in [-0.25, -0.2) is 9.38 Å². The fourth-order valence-corrected chi connectivity index (χ4v) is 3.16. The van der Waals surface area contributed by atoms with Gasteiger partial charge in [0.2, 0.25) is 0 Å². The molecule has 0 bridgehead atoms. The second kappa shape index (κ2) is 7.23. The van der Waals surface area contributed by atoms with E-state index in [-0.39, 0.29) is 5.82 Å². The van der Waals surface area contributed by atoms with E-state index in [1.54, 1.807) is 24.3 Å². The van der Waals surface area contributed by atoms with Crippen LogP contribution in [0.5, 0.6) is 0 Å². The number of halogens is 1. The van der Waals surface area contributed by atoms with Crippen molar-refractivity contribution in [3.8, 4) is 0 Å². The van der Waals surface area contributed by atoms with Crippen molar-refractivity contribution >= 4 is 23.8 Å². The number of aliphatic imine (C=N–C) groups is 1. The second-order valence-corrected chi connectivity index (χ2v) is 5.97. The summed E-state index contributed by atoms with van der Waals surface area (Å²) in [5, 5.41) is 1.85. The summed E-state index contributed by atoms with van der Waals surface area (Å²) in [6.45, 7) is 3.61. The Hall–Kier alpha value is -2.72. The van der Waals surface area contributed by atoms with E-state index in [4.69, 9.17) is 0 Å². The van der Waals surface area contributed by atoms with Gasteiger partial charge < -0.3 is 0 Å². The van der Waals surface area contributed by atoms with E-state index in [1.165, 1.54) is 23.9 Å². The molecule has 0 amide bonds. The highest BCUT2D eigenvalue weighted by molar-refractivity contribution is 8.02. The van der Waals surface area contributed by atoms with Crippen LogP contribution in [-0.2, 0) is 4.79 Å². The molecule has 0 N–H and O–H groups in total. The predicted octanol–water partition coefficient (Wildman–Crippen LogP) is 4.92. The molecule has 0 unspecified atom stereocenters. The summed E-state index contributed by atoms with van der Waals surface area (Å²) in [4.78, 5) is 16.6. The van der Waals surface area contributed by atoms with Gasteiger partial charge in [0.15, 0.2) is 0 Å². The third kappa shape index (κ3) is 3.29. The van der Waals surface area contributed by atoms with Gasteiger partial charge in [-0.15, -0.1) is 0 Å². The Morgan fingerprint density at radius 1 is 1.08 bits per heavy atom. The van der Waals surface area contributed by atoms with Crippen molar-refractivity contribution < 1.29 is 9.18 Å². The number of aldehydes is 1. The SMILES string of the molecule is C=C/C(C=O)=C\C1=CSc2ccccc2C(c2ccccc2F)=N1. The molecule has 0 saturated carbocycles. The number of hydrogen-bond acceptors (Lipinski definition) is 3. The molecule has 3 rings (SSSR count). The largest absolute Gasteiger partial charge is 0.298 e. The summed E-state index contributed by atoms with van der Waals surface area (Å²) in [6, 6.07) is 14.3. The predicted molar refractivity (Wildman–Crippen MR) is 96.8 cm³/mol. The molecule has 0 radical (unpaired) electrons. The number of fused-ring (bicyclic) bond motifs is 1. The summed E-state index contributed by atoms with van der Waals surface area (Å²) >= 11 is 1.49. The van der Waals surface area contributed by atoms with Crippen molar-refractivity contribution in [1.82, 2.24) is 0 Å². The Labute approximate surface area is 144 Å². The Bertz CT molecular complexity index is 886. The molecule has 0 aliphatic carbocycles. The third-order valence-corrected chi connectivity index (χ3v) is 4.47. The van der Waals surface area contributed by atoms with E-state index in [0.717, 1.165) is 16.7 Å². The molecule has 1 aliphatic heterocycles. The molecular formula is C20H14FNOS. The number of allylic oxidation sites excluding steroid dienone is 3. The normalized spacial score (nSPS) is 14.1. The highest BCUT2D eigenvalue weighted by Gasteiger charge is 2.17. The first-order valence-electron chi connectivity index (χ1n) is 7.32. The Morgan fingerprint density at radius 3 is 2.50 bits per heavy atom. The zero-order valence-corrected chi connectivity index (χ0v) is 13.6. The molecule has 2 aromatic carbocycles. The second-order valence-electron chi connectivity index (χ2n) is 5.06. The maximum atomic E-state index is 14.3. The number of hydrogen-bond donors (Lipinski definition) is 0. The molecule has 0 atom stereocenters. The standard InChI is InChI=1S/C20H14FNOS/c1-2-14(12-23)11-15-13-24-19-10-6-4-8-17(19)20(22-15)16-7-3-5-9-18(16)21/h2-13H,1H2/b14-11+. The number of rotatable bonds is 4. The number of carbonyl (C=O) groups is 1. The van der Waals surface area contributed by atoms with Crippen molar-refractivity contribution in [3.05, 3.63) is 101 Å². The van der Waals surface area contributed by atoms with E-state index in [0.29, 0.717) is 22.5 Å². The fourth-order valence-electron chi connectivity index (χ4n) is 2.34. The summed E-state index contributed by atoms with van der Waals surface area (Å²) in [5.74, 6) is -0.333. The summed E-state index contributed by atoms with van der Waals surface area (Å²) in [6.07, 6.45) is 3.82. The van der Waals surface area contributed by atoms with Gasteiger partial charge in [0.25, 0.3) is 0 Å². The van der Waals surface area contributed by atoms with Crippen LogP contribution >= 0.6 is 11.8 Å². The van der Waals surface area contributed by atoms with Crippen LogP contribution in [-0.4, -0.2) is 12.0 Å². The first kappa shape index (κ1) is 16.1. The lowest BCUT2D eigenvalue weighted by atomic mass is 10.0. The van der Waals surface area contributed by atoms with Crippen molar-refractivity contribution in [2.24, 2.45) is 4.99 Å².